The van der Waals surface area contributed by atoms with Crippen LogP contribution < -0.4 is 0 Å². The second-order valence-corrected chi connectivity index (χ2v) is 3.98. The maximum absolute atomic E-state index is 11.7. The minimum absolute atomic E-state index is 0.0737. The summed E-state index contributed by atoms with van der Waals surface area (Å²) >= 11 is 0. The van der Waals surface area contributed by atoms with E-state index in [-0.39, 0.29) is 5.78 Å². The predicted octanol–water partition coefficient (Wildman–Crippen LogP) is 0.710. The predicted molar refractivity (Wildman–Crippen MR) is 57.0 cm³/mol. The largest absolute Gasteiger partial charge is 0.461 e. The average Bonchev–Trinajstić information content (AvgIpc) is 2.74. The molecule has 0 N–H and O–H groups in total. The molecule has 0 bridgehead atoms. The fourth-order valence-electron chi connectivity index (χ4n) is 1.72. The van der Waals surface area contributed by atoms with Gasteiger partial charge < -0.3 is 9.32 Å². The normalized spacial score (nSPS) is 19.3. The van der Waals surface area contributed by atoms with Gasteiger partial charge in [0.1, 0.15) is 0 Å². The molecule has 0 atom stereocenters. The number of nitrogens with zero attached hydrogens (tertiary/aromatic N) is 2. The minimum atomic E-state index is 0.0737. The number of likely N-dealkylation sites (N-methyl/N-ethyl adjacent to an activating group) is 1. The number of hydrogen-bond acceptors (Lipinski definition) is 4. The van der Waals surface area contributed by atoms with Crippen LogP contribution in [0.4, 0.5) is 0 Å². The molecule has 0 spiro atoms. The number of ketones is 1. The number of carbonyl (C=O) groups excluding carboxylic acids is 1. The molecular weight excluding hydrogens is 192 g/mol. The van der Waals surface area contributed by atoms with E-state index < -0.39 is 0 Å². The standard InChI is InChI=1S/C11H16N2O2/c1-12-4-6-13(7-5-12)9-10(14)11-3-2-8-15-11/h2-3,8H,4-7,9H2,1H3. The van der Waals surface area contributed by atoms with Gasteiger partial charge in [-0.25, -0.2) is 0 Å². The molecule has 82 valence electrons. The Morgan fingerprint density at radius 3 is 2.73 bits per heavy atom. The third kappa shape index (κ3) is 2.67. The average molecular weight is 208 g/mol. The first-order valence-corrected chi connectivity index (χ1v) is 5.23. The quantitative estimate of drug-likeness (QED) is 0.685. The number of rotatable bonds is 3. The maximum Gasteiger partial charge on any atom is 0.211 e. The van der Waals surface area contributed by atoms with Crippen molar-refractivity contribution in [3.05, 3.63) is 24.2 Å². The van der Waals surface area contributed by atoms with Crippen molar-refractivity contribution in [2.24, 2.45) is 0 Å². The van der Waals surface area contributed by atoms with Gasteiger partial charge in [-0.3, -0.25) is 9.69 Å². The van der Waals surface area contributed by atoms with E-state index in [1.165, 1.54) is 6.26 Å². The molecule has 1 aliphatic heterocycles. The Balaban J connectivity index is 1.85. The van der Waals surface area contributed by atoms with Gasteiger partial charge in [0.25, 0.3) is 0 Å². The van der Waals surface area contributed by atoms with Gasteiger partial charge in [0.05, 0.1) is 12.8 Å². The van der Waals surface area contributed by atoms with Crippen molar-refractivity contribution in [3.63, 3.8) is 0 Å². The van der Waals surface area contributed by atoms with Gasteiger partial charge in [-0.05, 0) is 19.2 Å². The molecule has 1 fully saturated rings. The highest BCUT2D eigenvalue weighted by Gasteiger charge is 2.18. The van der Waals surface area contributed by atoms with Crippen LogP contribution >= 0.6 is 0 Å². The minimum Gasteiger partial charge on any atom is -0.461 e. The van der Waals surface area contributed by atoms with Crippen molar-refractivity contribution in [2.75, 3.05) is 39.8 Å². The Morgan fingerprint density at radius 1 is 1.40 bits per heavy atom. The molecule has 0 unspecified atom stereocenters. The van der Waals surface area contributed by atoms with E-state index in [2.05, 4.69) is 16.8 Å². The summed E-state index contributed by atoms with van der Waals surface area (Å²) in [6, 6.07) is 3.47. The molecule has 1 saturated heterocycles. The van der Waals surface area contributed by atoms with E-state index in [4.69, 9.17) is 4.42 Å². The van der Waals surface area contributed by atoms with Gasteiger partial charge >= 0.3 is 0 Å². The molecule has 4 heteroatoms. The zero-order valence-electron chi connectivity index (χ0n) is 8.98. The van der Waals surface area contributed by atoms with Crippen molar-refractivity contribution in [3.8, 4) is 0 Å². The summed E-state index contributed by atoms with van der Waals surface area (Å²) in [7, 11) is 2.10. The molecule has 0 amide bonds. The number of furan rings is 1. The topological polar surface area (TPSA) is 36.7 Å². The molecule has 1 aromatic heterocycles. The third-order valence-corrected chi connectivity index (χ3v) is 2.76. The molecule has 0 aliphatic carbocycles. The van der Waals surface area contributed by atoms with E-state index in [9.17, 15) is 4.79 Å². The second-order valence-electron chi connectivity index (χ2n) is 3.98. The molecule has 2 rings (SSSR count). The summed E-state index contributed by atoms with van der Waals surface area (Å²) in [4.78, 5) is 16.1. The third-order valence-electron chi connectivity index (χ3n) is 2.76. The Kier molecular flexibility index (Phi) is 3.18. The Morgan fingerprint density at radius 2 is 2.13 bits per heavy atom. The van der Waals surface area contributed by atoms with Crippen molar-refractivity contribution in [2.45, 2.75) is 0 Å². The SMILES string of the molecule is CN1CCN(CC(=O)c2ccco2)CC1. The summed E-state index contributed by atoms with van der Waals surface area (Å²) < 4.78 is 5.07. The maximum atomic E-state index is 11.7. The van der Waals surface area contributed by atoms with Crippen LogP contribution in [-0.2, 0) is 0 Å². The highest BCUT2D eigenvalue weighted by atomic mass is 16.3. The van der Waals surface area contributed by atoms with E-state index in [1.54, 1.807) is 12.1 Å². The first-order valence-electron chi connectivity index (χ1n) is 5.23. The van der Waals surface area contributed by atoms with Gasteiger partial charge in [-0.2, -0.15) is 0 Å². The summed E-state index contributed by atoms with van der Waals surface area (Å²) in [5.74, 6) is 0.540. The van der Waals surface area contributed by atoms with Crippen molar-refractivity contribution in [1.29, 1.82) is 0 Å². The van der Waals surface area contributed by atoms with E-state index in [0.29, 0.717) is 12.3 Å². The Hall–Kier alpha value is -1.13. The molecule has 15 heavy (non-hydrogen) atoms. The van der Waals surface area contributed by atoms with Crippen molar-refractivity contribution >= 4 is 5.78 Å². The molecule has 1 aromatic rings. The zero-order valence-corrected chi connectivity index (χ0v) is 8.98. The van der Waals surface area contributed by atoms with E-state index in [0.717, 1.165) is 26.2 Å². The summed E-state index contributed by atoms with van der Waals surface area (Å²) in [5, 5.41) is 0. The molecule has 4 nitrogen and oxygen atoms in total. The van der Waals surface area contributed by atoms with Gasteiger partial charge in [0.15, 0.2) is 5.76 Å². The lowest BCUT2D eigenvalue weighted by atomic mass is 10.2. The van der Waals surface area contributed by atoms with Gasteiger partial charge in [-0.15, -0.1) is 0 Å². The molecule has 0 saturated carbocycles. The molecule has 0 radical (unpaired) electrons. The number of hydrogen-bond donors (Lipinski definition) is 0. The highest BCUT2D eigenvalue weighted by Crippen LogP contribution is 2.05. The van der Waals surface area contributed by atoms with Crippen LogP contribution in [0.15, 0.2) is 22.8 Å². The lowest BCUT2D eigenvalue weighted by Crippen LogP contribution is -2.46. The van der Waals surface area contributed by atoms with Crippen LogP contribution in [-0.4, -0.2) is 55.4 Å². The first kappa shape index (κ1) is 10.4. The Labute approximate surface area is 89.5 Å². The van der Waals surface area contributed by atoms with Crippen LogP contribution in [0.3, 0.4) is 0 Å². The van der Waals surface area contributed by atoms with Gasteiger partial charge in [0, 0.05) is 26.2 Å². The van der Waals surface area contributed by atoms with Crippen LogP contribution in [0, 0.1) is 0 Å². The van der Waals surface area contributed by atoms with E-state index >= 15 is 0 Å². The highest BCUT2D eigenvalue weighted by molar-refractivity contribution is 5.94. The fourth-order valence-corrected chi connectivity index (χ4v) is 1.72. The van der Waals surface area contributed by atoms with Crippen molar-refractivity contribution in [1.82, 2.24) is 9.80 Å². The zero-order chi connectivity index (χ0) is 10.7. The van der Waals surface area contributed by atoms with Crippen LogP contribution in [0.5, 0.6) is 0 Å². The first-order chi connectivity index (χ1) is 7.25. The van der Waals surface area contributed by atoms with Crippen LogP contribution in [0.1, 0.15) is 10.6 Å². The number of carbonyl (C=O) groups is 1. The fraction of sp³-hybridized carbons (Fsp3) is 0.545. The monoisotopic (exact) mass is 208 g/mol. The van der Waals surface area contributed by atoms with Gasteiger partial charge in [0.2, 0.25) is 5.78 Å². The van der Waals surface area contributed by atoms with Gasteiger partial charge in [-0.1, -0.05) is 0 Å². The summed E-state index contributed by atoms with van der Waals surface area (Å²) in [6.07, 6.45) is 1.54. The smallest absolute Gasteiger partial charge is 0.211 e. The summed E-state index contributed by atoms with van der Waals surface area (Å²) in [5.41, 5.74) is 0. The van der Waals surface area contributed by atoms with Crippen LogP contribution in [0.25, 0.3) is 0 Å². The summed E-state index contributed by atoms with van der Waals surface area (Å²) in [6.45, 7) is 4.46. The Bertz CT molecular complexity index is 313. The molecule has 1 aliphatic rings. The molecule has 2 heterocycles. The lowest BCUT2D eigenvalue weighted by Gasteiger charge is -2.31. The molecular formula is C11H16N2O2. The van der Waals surface area contributed by atoms with E-state index in [1.807, 2.05) is 0 Å². The second kappa shape index (κ2) is 4.59. The van der Waals surface area contributed by atoms with Crippen molar-refractivity contribution < 1.29 is 9.21 Å². The lowest BCUT2D eigenvalue weighted by molar-refractivity contribution is 0.0850. The number of Topliss-reactive ketones (excluding diaryl/α,β-unsaturated/α-hetero) is 1. The molecule has 0 aromatic carbocycles. The van der Waals surface area contributed by atoms with Crippen LogP contribution in [0.2, 0.25) is 0 Å². The number of piperazine rings is 1.